The van der Waals surface area contributed by atoms with Gasteiger partial charge in [-0.1, -0.05) is 46.5 Å². The van der Waals surface area contributed by atoms with Crippen LogP contribution in [0.3, 0.4) is 0 Å². The highest BCUT2D eigenvalue weighted by atomic mass is 35.5. The molecule has 0 aliphatic rings. The quantitative estimate of drug-likeness (QED) is 0.603. The Bertz CT molecular complexity index is 198. The molecule has 1 atom stereocenters. The summed E-state index contributed by atoms with van der Waals surface area (Å²) >= 11 is 0. The average Bonchev–Trinajstić information content (AvgIpc) is 2.27. The molecule has 1 amide bonds. The Kier molecular flexibility index (Phi) is 14.7. The smallest absolute Gasteiger partial charge is 0.224 e. The second kappa shape index (κ2) is 13.2. The molecule has 0 rings (SSSR count). The lowest BCUT2D eigenvalue weighted by molar-refractivity contribution is -0.124. The van der Waals surface area contributed by atoms with Gasteiger partial charge in [0.1, 0.15) is 0 Å². The zero-order valence-corrected chi connectivity index (χ0v) is 13.2. The van der Waals surface area contributed by atoms with E-state index in [9.17, 15) is 4.79 Å². The number of carbonyl (C=O) groups is 1. The predicted octanol–water partition coefficient (Wildman–Crippen LogP) is 2.99. The van der Waals surface area contributed by atoms with Gasteiger partial charge in [0.15, 0.2) is 0 Å². The van der Waals surface area contributed by atoms with Crippen molar-refractivity contribution in [2.24, 2.45) is 11.8 Å². The first-order valence-electron chi connectivity index (χ1n) is 7.00. The highest BCUT2D eigenvalue weighted by molar-refractivity contribution is 5.85. The molecule has 0 saturated heterocycles. The van der Waals surface area contributed by atoms with Crippen LogP contribution >= 0.6 is 12.4 Å². The lowest BCUT2D eigenvalue weighted by atomic mass is 10.0. The van der Waals surface area contributed by atoms with E-state index in [1.165, 1.54) is 25.7 Å². The minimum Gasteiger partial charge on any atom is -0.356 e. The van der Waals surface area contributed by atoms with Crippen molar-refractivity contribution in [1.29, 1.82) is 0 Å². The van der Waals surface area contributed by atoms with E-state index in [1.54, 1.807) is 0 Å². The van der Waals surface area contributed by atoms with E-state index in [-0.39, 0.29) is 24.2 Å². The number of carbonyl (C=O) groups excluding carboxylic acids is 1. The van der Waals surface area contributed by atoms with E-state index in [0.29, 0.717) is 0 Å². The summed E-state index contributed by atoms with van der Waals surface area (Å²) in [4.78, 5) is 11.6. The minimum absolute atomic E-state index is 0. The monoisotopic (exact) mass is 278 g/mol. The van der Waals surface area contributed by atoms with Crippen molar-refractivity contribution in [2.45, 2.75) is 52.9 Å². The largest absolute Gasteiger partial charge is 0.356 e. The normalized spacial score (nSPS) is 12.1. The average molecular weight is 279 g/mol. The van der Waals surface area contributed by atoms with Crippen LogP contribution in [0.5, 0.6) is 0 Å². The fourth-order valence-electron chi connectivity index (χ4n) is 1.82. The summed E-state index contributed by atoms with van der Waals surface area (Å²) in [5.41, 5.74) is 0. The molecule has 0 spiro atoms. The van der Waals surface area contributed by atoms with Gasteiger partial charge in [-0.2, -0.15) is 0 Å². The standard InChI is InChI=1S/C14H30N2O.ClH/c1-12(2)9-7-5-6-8-10-16-14(17)13(3)11-15-4;/h12-13,15H,5-11H2,1-4H3,(H,16,17);1H. The Labute approximate surface area is 119 Å². The lowest BCUT2D eigenvalue weighted by Gasteiger charge is -2.11. The van der Waals surface area contributed by atoms with Gasteiger partial charge in [0, 0.05) is 19.0 Å². The fourth-order valence-corrected chi connectivity index (χ4v) is 1.82. The van der Waals surface area contributed by atoms with E-state index < -0.39 is 0 Å². The Morgan fingerprint density at radius 2 is 1.67 bits per heavy atom. The third-order valence-corrected chi connectivity index (χ3v) is 2.97. The fraction of sp³-hybridized carbons (Fsp3) is 0.929. The molecular formula is C14H31ClN2O. The van der Waals surface area contributed by atoms with Gasteiger partial charge in [-0.05, 0) is 19.4 Å². The summed E-state index contributed by atoms with van der Waals surface area (Å²) in [5, 5.41) is 6.00. The van der Waals surface area contributed by atoms with Gasteiger partial charge in [0.25, 0.3) is 0 Å². The van der Waals surface area contributed by atoms with E-state index >= 15 is 0 Å². The molecule has 3 nitrogen and oxygen atoms in total. The van der Waals surface area contributed by atoms with Gasteiger partial charge in [0.05, 0.1) is 0 Å². The van der Waals surface area contributed by atoms with Crippen LogP contribution in [0.25, 0.3) is 0 Å². The molecule has 0 aliphatic heterocycles. The maximum atomic E-state index is 11.6. The minimum atomic E-state index is 0. The molecule has 0 aromatic rings. The molecule has 0 heterocycles. The number of halogens is 1. The van der Waals surface area contributed by atoms with Crippen molar-refractivity contribution in [3.63, 3.8) is 0 Å². The molecule has 0 bridgehead atoms. The van der Waals surface area contributed by atoms with Crippen LogP contribution in [0.15, 0.2) is 0 Å². The molecule has 0 saturated carbocycles. The molecule has 110 valence electrons. The second-order valence-electron chi connectivity index (χ2n) is 5.35. The Balaban J connectivity index is 0. The van der Waals surface area contributed by atoms with E-state index in [4.69, 9.17) is 0 Å². The van der Waals surface area contributed by atoms with Crippen molar-refractivity contribution in [3.05, 3.63) is 0 Å². The highest BCUT2D eigenvalue weighted by Gasteiger charge is 2.10. The van der Waals surface area contributed by atoms with Gasteiger partial charge < -0.3 is 10.6 Å². The maximum Gasteiger partial charge on any atom is 0.224 e. The Hall–Kier alpha value is -0.280. The highest BCUT2D eigenvalue weighted by Crippen LogP contribution is 2.08. The molecule has 1 unspecified atom stereocenters. The first-order valence-corrected chi connectivity index (χ1v) is 7.00. The van der Waals surface area contributed by atoms with E-state index in [2.05, 4.69) is 24.5 Å². The van der Waals surface area contributed by atoms with Crippen LogP contribution in [0.1, 0.15) is 52.9 Å². The number of hydrogen-bond donors (Lipinski definition) is 2. The number of amides is 1. The summed E-state index contributed by atoms with van der Waals surface area (Å²) in [6.45, 7) is 8.07. The molecule has 0 aliphatic carbocycles. The first kappa shape index (κ1) is 20.0. The maximum absolute atomic E-state index is 11.6. The van der Waals surface area contributed by atoms with Crippen LogP contribution in [-0.4, -0.2) is 26.0 Å². The zero-order chi connectivity index (χ0) is 13.1. The van der Waals surface area contributed by atoms with Gasteiger partial charge in [-0.3, -0.25) is 4.79 Å². The number of hydrogen-bond acceptors (Lipinski definition) is 2. The van der Waals surface area contributed by atoms with Crippen LogP contribution < -0.4 is 10.6 Å². The molecule has 0 radical (unpaired) electrons. The van der Waals surface area contributed by atoms with Gasteiger partial charge >= 0.3 is 0 Å². The van der Waals surface area contributed by atoms with Gasteiger partial charge in [0.2, 0.25) is 5.91 Å². The third-order valence-electron chi connectivity index (χ3n) is 2.97. The lowest BCUT2D eigenvalue weighted by Crippen LogP contribution is -2.34. The number of nitrogens with one attached hydrogen (secondary N) is 2. The summed E-state index contributed by atoms with van der Waals surface area (Å²) in [6.07, 6.45) is 6.27. The first-order chi connectivity index (χ1) is 8.07. The Morgan fingerprint density at radius 3 is 2.22 bits per heavy atom. The van der Waals surface area contributed by atoms with Crippen LogP contribution in [0, 0.1) is 11.8 Å². The van der Waals surface area contributed by atoms with E-state index in [1.807, 2.05) is 14.0 Å². The molecule has 0 aromatic carbocycles. The van der Waals surface area contributed by atoms with E-state index in [0.717, 1.165) is 25.4 Å². The second-order valence-corrected chi connectivity index (χ2v) is 5.35. The molecular weight excluding hydrogens is 248 g/mol. The third kappa shape index (κ3) is 12.2. The SMILES string of the molecule is CNCC(C)C(=O)NCCCCCCC(C)C.Cl. The van der Waals surface area contributed by atoms with Crippen molar-refractivity contribution < 1.29 is 4.79 Å². The molecule has 18 heavy (non-hydrogen) atoms. The number of unbranched alkanes of at least 4 members (excludes halogenated alkanes) is 3. The van der Waals surface area contributed by atoms with Crippen molar-refractivity contribution in [2.75, 3.05) is 20.1 Å². The zero-order valence-electron chi connectivity index (χ0n) is 12.4. The number of rotatable bonds is 10. The summed E-state index contributed by atoms with van der Waals surface area (Å²) in [7, 11) is 1.87. The molecule has 0 fully saturated rings. The summed E-state index contributed by atoms with van der Waals surface area (Å²) in [5.74, 6) is 1.06. The summed E-state index contributed by atoms with van der Waals surface area (Å²) in [6, 6.07) is 0. The molecule has 2 N–H and O–H groups in total. The predicted molar refractivity (Wildman–Crippen MR) is 81.3 cm³/mol. The van der Waals surface area contributed by atoms with Gasteiger partial charge in [-0.25, -0.2) is 0 Å². The van der Waals surface area contributed by atoms with Crippen molar-refractivity contribution in [1.82, 2.24) is 10.6 Å². The topological polar surface area (TPSA) is 41.1 Å². The molecule has 4 heteroatoms. The van der Waals surface area contributed by atoms with Crippen LogP contribution in [0.4, 0.5) is 0 Å². The van der Waals surface area contributed by atoms with Crippen LogP contribution in [-0.2, 0) is 4.79 Å². The molecule has 0 aromatic heterocycles. The van der Waals surface area contributed by atoms with Crippen molar-refractivity contribution >= 4 is 18.3 Å². The van der Waals surface area contributed by atoms with Gasteiger partial charge in [-0.15, -0.1) is 12.4 Å². The van der Waals surface area contributed by atoms with Crippen molar-refractivity contribution in [3.8, 4) is 0 Å². The Morgan fingerprint density at radius 1 is 1.06 bits per heavy atom. The van der Waals surface area contributed by atoms with Crippen LogP contribution in [0.2, 0.25) is 0 Å². The summed E-state index contributed by atoms with van der Waals surface area (Å²) < 4.78 is 0.